The Hall–Kier alpha value is -1.13. The lowest BCUT2D eigenvalue weighted by molar-refractivity contribution is 0.198. The number of rotatable bonds is 3. The zero-order valence-electron chi connectivity index (χ0n) is 10.9. The lowest BCUT2D eigenvalue weighted by atomic mass is 9.85. The van der Waals surface area contributed by atoms with Gasteiger partial charge in [-0.05, 0) is 42.2 Å². The fourth-order valence-corrected chi connectivity index (χ4v) is 2.97. The van der Waals surface area contributed by atoms with E-state index in [-0.39, 0.29) is 0 Å². The Morgan fingerprint density at radius 1 is 1.22 bits per heavy atom. The summed E-state index contributed by atoms with van der Waals surface area (Å²) in [5.74, 6) is 1.55. The summed E-state index contributed by atoms with van der Waals surface area (Å²) in [7, 11) is 3.28. The van der Waals surface area contributed by atoms with Gasteiger partial charge in [-0.25, -0.2) is 0 Å². The number of hydrogen-bond donors (Lipinski definition) is 1. The number of hydrogen-bond acceptors (Lipinski definition) is 4. The zero-order chi connectivity index (χ0) is 13.1. The first kappa shape index (κ1) is 13.3. The highest BCUT2D eigenvalue weighted by atomic mass is 32.2. The van der Waals surface area contributed by atoms with Crippen molar-refractivity contribution >= 4 is 11.8 Å². The largest absolute Gasteiger partial charge is 0.496 e. The van der Waals surface area contributed by atoms with Gasteiger partial charge in [0.05, 0.1) is 14.2 Å². The first-order chi connectivity index (χ1) is 8.72. The van der Waals surface area contributed by atoms with Crippen LogP contribution in [0, 0.1) is 0 Å². The molecule has 0 spiro atoms. The molecule has 4 heteroatoms. The predicted molar refractivity (Wildman–Crippen MR) is 74.4 cm³/mol. The summed E-state index contributed by atoms with van der Waals surface area (Å²) >= 11 is 1.62. The molecule has 1 aromatic rings. The Balaban J connectivity index is 2.54. The number of fused-ring (bicyclic) bond motifs is 1. The third-order valence-electron chi connectivity index (χ3n) is 3.27. The van der Waals surface area contributed by atoms with Crippen molar-refractivity contribution in [2.45, 2.75) is 18.9 Å². The first-order valence-electron chi connectivity index (χ1n) is 5.86. The Bertz CT molecular complexity index is 468. The molecule has 98 valence electrons. The second-order valence-electron chi connectivity index (χ2n) is 4.19. The van der Waals surface area contributed by atoms with E-state index in [9.17, 15) is 5.11 Å². The molecule has 0 saturated heterocycles. The minimum absolute atomic E-state index is 0.591. The van der Waals surface area contributed by atoms with E-state index in [1.807, 2.05) is 23.8 Å². The van der Waals surface area contributed by atoms with Gasteiger partial charge in [-0.2, -0.15) is 0 Å². The average Bonchev–Trinajstić information content (AvgIpc) is 2.40. The molecule has 0 aliphatic heterocycles. The Labute approximate surface area is 112 Å². The SMILES string of the molecule is COc1ccc(OC)c2c1CC/C(=C\SC)C2O. The van der Waals surface area contributed by atoms with E-state index in [0.717, 1.165) is 41.0 Å². The maximum absolute atomic E-state index is 10.5. The van der Waals surface area contributed by atoms with E-state index in [1.54, 1.807) is 26.0 Å². The van der Waals surface area contributed by atoms with Gasteiger partial charge < -0.3 is 14.6 Å². The predicted octanol–water partition coefficient (Wildman–Crippen LogP) is 2.93. The van der Waals surface area contributed by atoms with Crippen LogP contribution in [-0.4, -0.2) is 25.6 Å². The molecule has 0 saturated carbocycles. The van der Waals surface area contributed by atoms with E-state index in [1.165, 1.54) is 0 Å². The third kappa shape index (κ3) is 2.22. The van der Waals surface area contributed by atoms with Crippen LogP contribution >= 0.6 is 11.8 Å². The maximum atomic E-state index is 10.5. The van der Waals surface area contributed by atoms with Gasteiger partial charge in [-0.15, -0.1) is 11.8 Å². The van der Waals surface area contributed by atoms with Crippen molar-refractivity contribution in [3.63, 3.8) is 0 Å². The maximum Gasteiger partial charge on any atom is 0.125 e. The van der Waals surface area contributed by atoms with Crippen LogP contribution < -0.4 is 9.47 Å². The number of ether oxygens (including phenoxy) is 2. The van der Waals surface area contributed by atoms with Crippen LogP contribution in [0.3, 0.4) is 0 Å². The number of benzene rings is 1. The van der Waals surface area contributed by atoms with Crippen molar-refractivity contribution in [2.24, 2.45) is 0 Å². The lowest BCUT2D eigenvalue weighted by Gasteiger charge is -2.27. The third-order valence-corrected chi connectivity index (χ3v) is 3.81. The van der Waals surface area contributed by atoms with Crippen molar-refractivity contribution in [1.82, 2.24) is 0 Å². The van der Waals surface area contributed by atoms with Crippen molar-refractivity contribution in [2.75, 3.05) is 20.5 Å². The van der Waals surface area contributed by atoms with Gasteiger partial charge in [0.2, 0.25) is 0 Å². The number of aliphatic hydroxyl groups excluding tert-OH is 1. The topological polar surface area (TPSA) is 38.7 Å². The fraction of sp³-hybridized carbons (Fsp3) is 0.429. The fourth-order valence-electron chi connectivity index (χ4n) is 2.42. The van der Waals surface area contributed by atoms with Crippen LogP contribution in [-0.2, 0) is 6.42 Å². The molecule has 0 aromatic heterocycles. The summed E-state index contributed by atoms with van der Waals surface area (Å²) in [6, 6.07) is 3.75. The molecule has 0 fully saturated rings. The molecule has 1 aliphatic carbocycles. The molecule has 0 amide bonds. The van der Waals surface area contributed by atoms with Gasteiger partial charge in [0.25, 0.3) is 0 Å². The minimum atomic E-state index is -0.591. The molecule has 1 aliphatic rings. The standard InChI is InChI=1S/C14H18O3S/c1-16-11-6-7-12(17-2)13-10(11)5-4-9(8-18-3)14(13)15/h6-8,14-15H,4-5H2,1-3H3/b9-8+. The molecule has 1 atom stereocenters. The molecular weight excluding hydrogens is 248 g/mol. The van der Waals surface area contributed by atoms with E-state index in [2.05, 4.69) is 0 Å². The summed E-state index contributed by atoms with van der Waals surface area (Å²) in [5, 5.41) is 12.5. The van der Waals surface area contributed by atoms with E-state index < -0.39 is 6.10 Å². The van der Waals surface area contributed by atoms with Crippen molar-refractivity contribution in [3.8, 4) is 11.5 Å². The highest BCUT2D eigenvalue weighted by Crippen LogP contribution is 2.43. The van der Waals surface area contributed by atoms with Crippen LogP contribution in [0.2, 0.25) is 0 Å². The van der Waals surface area contributed by atoms with Crippen LogP contribution in [0.5, 0.6) is 11.5 Å². The Kier molecular flexibility index (Phi) is 4.19. The summed E-state index contributed by atoms with van der Waals surface area (Å²) in [4.78, 5) is 0. The number of aliphatic hydroxyl groups is 1. The first-order valence-corrected chi connectivity index (χ1v) is 7.15. The monoisotopic (exact) mass is 266 g/mol. The smallest absolute Gasteiger partial charge is 0.125 e. The number of methoxy groups -OCH3 is 2. The molecule has 1 N–H and O–H groups in total. The van der Waals surface area contributed by atoms with Crippen LogP contribution in [0.15, 0.2) is 23.1 Å². The molecule has 18 heavy (non-hydrogen) atoms. The Morgan fingerprint density at radius 2 is 1.89 bits per heavy atom. The van der Waals surface area contributed by atoms with Crippen molar-refractivity contribution in [1.29, 1.82) is 0 Å². The second kappa shape index (κ2) is 5.67. The van der Waals surface area contributed by atoms with E-state index >= 15 is 0 Å². The number of thioether (sulfide) groups is 1. The van der Waals surface area contributed by atoms with Gasteiger partial charge in [0.1, 0.15) is 17.6 Å². The molecular formula is C14H18O3S. The summed E-state index contributed by atoms with van der Waals surface area (Å²) in [6.07, 6.45) is 3.14. The van der Waals surface area contributed by atoms with Gasteiger partial charge in [-0.3, -0.25) is 0 Å². The van der Waals surface area contributed by atoms with Gasteiger partial charge in [-0.1, -0.05) is 0 Å². The molecule has 3 nitrogen and oxygen atoms in total. The lowest BCUT2D eigenvalue weighted by Crippen LogP contribution is -2.14. The summed E-state index contributed by atoms with van der Waals surface area (Å²) in [5.41, 5.74) is 2.95. The Morgan fingerprint density at radius 3 is 2.50 bits per heavy atom. The van der Waals surface area contributed by atoms with Crippen LogP contribution in [0.4, 0.5) is 0 Å². The zero-order valence-corrected chi connectivity index (χ0v) is 11.7. The highest BCUT2D eigenvalue weighted by molar-refractivity contribution is 8.01. The van der Waals surface area contributed by atoms with Gasteiger partial charge in [0, 0.05) is 11.1 Å². The molecule has 0 radical (unpaired) electrons. The van der Waals surface area contributed by atoms with Gasteiger partial charge >= 0.3 is 0 Å². The average molecular weight is 266 g/mol. The quantitative estimate of drug-likeness (QED) is 0.913. The van der Waals surface area contributed by atoms with Gasteiger partial charge in [0.15, 0.2) is 0 Å². The molecule has 1 unspecified atom stereocenters. The van der Waals surface area contributed by atoms with Crippen LogP contribution in [0.1, 0.15) is 23.7 Å². The van der Waals surface area contributed by atoms with Crippen molar-refractivity contribution < 1.29 is 14.6 Å². The molecule has 1 aromatic carbocycles. The summed E-state index contributed by atoms with van der Waals surface area (Å²) in [6.45, 7) is 0. The normalized spacial score (nSPS) is 20.7. The highest BCUT2D eigenvalue weighted by Gasteiger charge is 2.28. The molecule has 2 rings (SSSR count). The van der Waals surface area contributed by atoms with Crippen LogP contribution in [0.25, 0.3) is 0 Å². The van der Waals surface area contributed by atoms with Crippen molar-refractivity contribution in [3.05, 3.63) is 34.2 Å². The molecule has 0 heterocycles. The summed E-state index contributed by atoms with van der Waals surface area (Å²) < 4.78 is 10.7. The molecule has 0 bridgehead atoms. The second-order valence-corrected chi connectivity index (χ2v) is 4.90. The van der Waals surface area contributed by atoms with E-state index in [0.29, 0.717) is 0 Å². The van der Waals surface area contributed by atoms with E-state index in [4.69, 9.17) is 9.47 Å². The minimum Gasteiger partial charge on any atom is -0.496 e.